The molecule has 6 heteroatoms. The number of amides is 1. The number of carbonyl (C=O) groups excluding carboxylic acids is 2. The number of carbonyl (C=O) groups is 2. The second-order valence-corrected chi connectivity index (χ2v) is 8.17. The van der Waals surface area contributed by atoms with Gasteiger partial charge in [-0.3, -0.25) is 4.79 Å². The Morgan fingerprint density at radius 1 is 1.10 bits per heavy atom. The predicted molar refractivity (Wildman–Crippen MR) is 112 cm³/mol. The van der Waals surface area contributed by atoms with E-state index in [2.05, 4.69) is 22.3 Å². The summed E-state index contributed by atoms with van der Waals surface area (Å²) in [6.45, 7) is 3.09. The van der Waals surface area contributed by atoms with Crippen molar-refractivity contribution in [2.24, 2.45) is 0 Å². The highest BCUT2D eigenvalue weighted by Crippen LogP contribution is 2.41. The fourth-order valence-electron chi connectivity index (χ4n) is 4.62. The van der Waals surface area contributed by atoms with Crippen LogP contribution in [-0.2, 0) is 4.74 Å². The van der Waals surface area contributed by atoms with Crippen LogP contribution in [0.15, 0.2) is 54.6 Å². The summed E-state index contributed by atoms with van der Waals surface area (Å²) in [5.41, 5.74) is 1.28. The number of rotatable bonds is 6. The van der Waals surface area contributed by atoms with Gasteiger partial charge >= 0.3 is 6.09 Å². The van der Waals surface area contributed by atoms with Gasteiger partial charge in [-0.1, -0.05) is 30.3 Å². The summed E-state index contributed by atoms with van der Waals surface area (Å²) in [5, 5.41) is 2.84. The van der Waals surface area contributed by atoms with Crippen LogP contribution in [0.4, 0.5) is 9.18 Å². The lowest BCUT2D eigenvalue weighted by atomic mass is 9.74. The zero-order valence-electron chi connectivity index (χ0n) is 17.0. The van der Waals surface area contributed by atoms with Crippen molar-refractivity contribution in [2.75, 3.05) is 26.2 Å². The normalized spacial score (nSPS) is 21.1. The molecule has 2 aliphatic heterocycles. The number of Topliss-reactive ketones (excluding diaryl/α,β-unsaturated/α-hetero) is 1. The number of likely N-dealkylation sites (tertiary alicyclic amines) is 1. The van der Waals surface area contributed by atoms with Crippen LogP contribution in [0.25, 0.3) is 0 Å². The highest BCUT2D eigenvalue weighted by molar-refractivity contribution is 5.95. The summed E-state index contributed by atoms with van der Waals surface area (Å²) in [7, 11) is 0. The molecule has 158 valence electrons. The van der Waals surface area contributed by atoms with Gasteiger partial charge in [0, 0.05) is 50.4 Å². The molecule has 1 spiro atoms. The fraction of sp³-hybridized carbons (Fsp3) is 0.417. The number of piperidine rings is 1. The molecule has 0 aliphatic carbocycles. The Kier molecular flexibility index (Phi) is 6.13. The summed E-state index contributed by atoms with van der Waals surface area (Å²) in [6.07, 6.45) is 2.43. The Hall–Kier alpha value is -2.73. The lowest BCUT2D eigenvalue weighted by Crippen LogP contribution is -2.57. The van der Waals surface area contributed by atoms with E-state index >= 15 is 0 Å². The van der Waals surface area contributed by atoms with E-state index in [4.69, 9.17) is 4.74 Å². The average Bonchev–Trinajstić information content (AvgIpc) is 2.76. The SMILES string of the molecule is O=C1NCC(c2ccccc2)C2(CCN(CCCC(=O)c3ccc(F)cc3)CC2)O1. The van der Waals surface area contributed by atoms with Crippen molar-refractivity contribution >= 4 is 11.9 Å². The van der Waals surface area contributed by atoms with E-state index in [1.54, 1.807) is 0 Å². The lowest BCUT2D eigenvalue weighted by Gasteiger charge is -2.48. The molecule has 2 aromatic rings. The van der Waals surface area contributed by atoms with Crippen LogP contribution in [0, 0.1) is 5.82 Å². The number of alkyl carbamates (subject to hydrolysis) is 1. The van der Waals surface area contributed by atoms with Gasteiger partial charge in [-0.2, -0.15) is 0 Å². The fourth-order valence-corrected chi connectivity index (χ4v) is 4.62. The molecule has 0 aromatic heterocycles. The first-order chi connectivity index (χ1) is 14.6. The van der Waals surface area contributed by atoms with Gasteiger partial charge in [0.05, 0.1) is 0 Å². The van der Waals surface area contributed by atoms with E-state index in [-0.39, 0.29) is 23.6 Å². The molecule has 0 saturated carbocycles. The van der Waals surface area contributed by atoms with Crippen LogP contribution in [0.3, 0.4) is 0 Å². The molecule has 5 nitrogen and oxygen atoms in total. The number of ether oxygens (including phenoxy) is 1. The van der Waals surface area contributed by atoms with Crippen molar-refractivity contribution in [1.82, 2.24) is 10.2 Å². The molecule has 1 N–H and O–H groups in total. The first-order valence-corrected chi connectivity index (χ1v) is 10.6. The molecule has 1 amide bonds. The molecule has 2 aliphatic rings. The topological polar surface area (TPSA) is 58.6 Å². The standard InChI is InChI=1S/C24H27FN2O3/c25-20-10-8-19(9-11-20)22(28)7-4-14-27-15-12-24(13-16-27)21(17-26-23(29)30-24)18-5-2-1-3-6-18/h1-3,5-6,8-11,21H,4,7,12-17H2,(H,26,29). The number of hydrogen-bond acceptors (Lipinski definition) is 4. The third-order valence-electron chi connectivity index (χ3n) is 6.33. The average molecular weight is 410 g/mol. The largest absolute Gasteiger partial charge is 0.442 e. The van der Waals surface area contributed by atoms with Crippen molar-refractivity contribution in [3.8, 4) is 0 Å². The molecule has 2 heterocycles. The van der Waals surface area contributed by atoms with Crippen molar-refractivity contribution in [3.63, 3.8) is 0 Å². The van der Waals surface area contributed by atoms with Crippen molar-refractivity contribution in [2.45, 2.75) is 37.2 Å². The van der Waals surface area contributed by atoms with Gasteiger partial charge in [-0.05, 0) is 42.8 Å². The Morgan fingerprint density at radius 3 is 2.50 bits per heavy atom. The Balaban J connectivity index is 1.31. The van der Waals surface area contributed by atoms with E-state index < -0.39 is 5.60 Å². The number of ketones is 1. The predicted octanol–water partition coefficient (Wildman–Crippen LogP) is 4.15. The molecule has 30 heavy (non-hydrogen) atoms. The zero-order chi connectivity index (χ0) is 21.0. The number of nitrogens with zero attached hydrogens (tertiary/aromatic N) is 1. The quantitative estimate of drug-likeness (QED) is 0.727. The van der Waals surface area contributed by atoms with Crippen LogP contribution >= 0.6 is 0 Å². The molecule has 1 atom stereocenters. The second-order valence-electron chi connectivity index (χ2n) is 8.17. The molecule has 0 radical (unpaired) electrons. The van der Waals surface area contributed by atoms with Crippen molar-refractivity contribution in [3.05, 3.63) is 71.5 Å². The van der Waals surface area contributed by atoms with Crippen LogP contribution < -0.4 is 5.32 Å². The number of benzene rings is 2. The molecule has 2 aromatic carbocycles. The van der Waals surface area contributed by atoms with Crippen LogP contribution in [0.2, 0.25) is 0 Å². The summed E-state index contributed by atoms with van der Waals surface area (Å²) in [4.78, 5) is 26.6. The highest BCUT2D eigenvalue weighted by Gasteiger charge is 2.48. The molecular formula is C24H27FN2O3. The zero-order valence-corrected chi connectivity index (χ0v) is 17.0. The van der Waals surface area contributed by atoms with E-state index in [0.717, 1.165) is 38.9 Å². The highest BCUT2D eigenvalue weighted by atomic mass is 19.1. The van der Waals surface area contributed by atoms with Gasteiger partial charge in [0.15, 0.2) is 5.78 Å². The minimum Gasteiger partial charge on any atom is -0.442 e. The van der Waals surface area contributed by atoms with Crippen molar-refractivity contribution < 1.29 is 18.7 Å². The Labute approximate surface area is 176 Å². The lowest BCUT2D eigenvalue weighted by molar-refractivity contribution is -0.0691. The molecule has 1 unspecified atom stereocenters. The van der Waals surface area contributed by atoms with E-state index in [9.17, 15) is 14.0 Å². The minimum atomic E-state index is -0.468. The van der Waals surface area contributed by atoms with Crippen LogP contribution in [-0.4, -0.2) is 48.6 Å². The summed E-state index contributed by atoms with van der Waals surface area (Å²) in [5.74, 6) is -0.153. The van der Waals surface area contributed by atoms with Gasteiger partial charge < -0.3 is 15.0 Å². The van der Waals surface area contributed by atoms with Crippen LogP contribution in [0.1, 0.15) is 47.5 Å². The van der Waals surface area contributed by atoms with Gasteiger partial charge in [-0.25, -0.2) is 9.18 Å². The van der Waals surface area contributed by atoms with Crippen molar-refractivity contribution in [1.29, 1.82) is 0 Å². The van der Waals surface area contributed by atoms with E-state index in [1.807, 2.05) is 18.2 Å². The maximum absolute atomic E-state index is 13.0. The Bertz CT molecular complexity index is 877. The molecular weight excluding hydrogens is 383 g/mol. The maximum Gasteiger partial charge on any atom is 0.407 e. The number of halogens is 1. The van der Waals surface area contributed by atoms with E-state index in [0.29, 0.717) is 18.5 Å². The summed E-state index contributed by atoms with van der Waals surface area (Å²) >= 11 is 0. The first kappa shape index (κ1) is 20.5. The summed E-state index contributed by atoms with van der Waals surface area (Å²) < 4.78 is 18.9. The summed E-state index contributed by atoms with van der Waals surface area (Å²) in [6, 6.07) is 16.0. The monoisotopic (exact) mass is 410 g/mol. The smallest absolute Gasteiger partial charge is 0.407 e. The second kappa shape index (κ2) is 8.96. The number of nitrogens with one attached hydrogen (secondary N) is 1. The Morgan fingerprint density at radius 2 is 1.80 bits per heavy atom. The molecule has 4 rings (SSSR count). The molecule has 0 bridgehead atoms. The van der Waals surface area contributed by atoms with Gasteiger partial charge in [0.25, 0.3) is 0 Å². The minimum absolute atomic E-state index is 0.0416. The molecule has 2 fully saturated rings. The maximum atomic E-state index is 13.0. The third kappa shape index (κ3) is 4.54. The first-order valence-electron chi connectivity index (χ1n) is 10.6. The molecule has 2 saturated heterocycles. The third-order valence-corrected chi connectivity index (χ3v) is 6.33. The van der Waals surface area contributed by atoms with Gasteiger partial charge in [0.2, 0.25) is 0 Å². The van der Waals surface area contributed by atoms with E-state index in [1.165, 1.54) is 29.8 Å². The van der Waals surface area contributed by atoms with Gasteiger partial charge in [-0.15, -0.1) is 0 Å². The van der Waals surface area contributed by atoms with Gasteiger partial charge in [0.1, 0.15) is 11.4 Å². The number of hydrogen-bond donors (Lipinski definition) is 1. The van der Waals surface area contributed by atoms with Crippen LogP contribution in [0.5, 0.6) is 0 Å².